The molecule has 0 unspecified atom stereocenters. The van der Waals surface area contributed by atoms with Crippen LogP contribution in [-0.4, -0.2) is 53.2 Å². The number of rotatable bonds is 6. The summed E-state index contributed by atoms with van der Waals surface area (Å²) < 4.78 is 35.0. The first-order chi connectivity index (χ1) is 15.6. The molecule has 0 spiro atoms. The number of hydrogen-bond donors (Lipinski definition) is 0. The number of sulfonamides is 1. The highest BCUT2D eigenvalue weighted by Crippen LogP contribution is 2.34. The Morgan fingerprint density at radius 2 is 2.00 bits per heavy atom. The Morgan fingerprint density at radius 1 is 1.30 bits per heavy atom. The van der Waals surface area contributed by atoms with Gasteiger partial charge >= 0.3 is 0 Å². The summed E-state index contributed by atoms with van der Waals surface area (Å²) in [5.74, 6) is 1.23. The molecule has 1 amide bonds. The fourth-order valence-corrected chi connectivity index (χ4v) is 6.56. The van der Waals surface area contributed by atoms with E-state index in [4.69, 9.17) is 4.42 Å². The third kappa shape index (κ3) is 4.51. The van der Waals surface area contributed by atoms with Gasteiger partial charge in [0, 0.05) is 32.9 Å². The molecule has 4 heterocycles. The molecule has 8 nitrogen and oxygen atoms in total. The van der Waals surface area contributed by atoms with E-state index in [1.54, 1.807) is 25.1 Å². The fraction of sp³-hybridized carbons (Fsp3) is 0.478. The summed E-state index contributed by atoms with van der Waals surface area (Å²) in [5.41, 5.74) is 1.97. The maximum Gasteiger partial charge on any atom is 0.265 e. The topological polar surface area (TPSA) is 88.6 Å². The van der Waals surface area contributed by atoms with Gasteiger partial charge in [0.05, 0.1) is 24.2 Å². The molecule has 1 fully saturated rings. The van der Waals surface area contributed by atoms with Crippen LogP contribution in [0.4, 0.5) is 0 Å². The molecule has 0 aromatic carbocycles. The Morgan fingerprint density at radius 3 is 2.64 bits per heavy atom. The lowest BCUT2D eigenvalue weighted by atomic mass is 9.99. The minimum Gasteiger partial charge on any atom is -0.468 e. The van der Waals surface area contributed by atoms with Crippen LogP contribution < -0.4 is 0 Å². The van der Waals surface area contributed by atoms with Crippen LogP contribution >= 0.6 is 11.3 Å². The van der Waals surface area contributed by atoms with E-state index in [9.17, 15) is 13.2 Å². The molecule has 1 aliphatic rings. The number of amides is 1. The monoisotopic (exact) mass is 490 g/mol. The summed E-state index contributed by atoms with van der Waals surface area (Å²) in [4.78, 5) is 20.5. The Labute approximate surface area is 198 Å². The van der Waals surface area contributed by atoms with Crippen molar-refractivity contribution in [3.8, 4) is 10.7 Å². The second kappa shape index (κ2) is 9.08. The first-order valence-electron chi connectivity index (χ1n) is 11.0. The lowest BCUT2D eigenvalue weighted by Gasteiger charge is -2.30. The van der Waals surface area contributed by atoms with E-state index in [2.05, 4.69) is 11.9 Å². The van der Waals surface area contributed by atoms with Crippen LogP contribution in [0.15, 0.2) is 33.8 Å². The van der Waals surface area contributed by atoms with Crippen LogP contribution in [0.1, 0.15) is 46.6 Å². The van der Waals surface area contributed by atoms with Gasteiger partial charge in [0.25, 0.3) is 5.91 Å². The van der Waals surface area contributed by atoms with Crippen LogP contribution in [0.5, 0.6) is 0 Å². The van der Waals surface area contributed by atoms with E-state index in [0.717, 1.165) is 25.9 Å². The molecule has 0 saturated carbocycles. The van der Waals surface area contributed by atoms with Crippen molar-refractivity contribution in [2.75, 3.05) is 20.1 Å². The number of furan rings is 1. The van der Waals surface area contributed by atoms with Crippen molar-refractivity contribution < 1.29 is 17.6 Å². The quantitative estimate of drug-likeness (QED) is 0.520. The first kappa shape index (κ1) is 23.7. The van der Waals surface area contributed by atoms with Gasteiger partial charge in [-0.05, 0) is 50.8 Å². The highest BCUT2D eigenvalue weighted by Gasteiger charge is 2.30. The van der Waals surface area contributed by atoms with Gasteiger partial charge < -0.3 is 13.9 Å². The van der Waals surface area contributed by atoms with Gasteiger partial charge in [-0.2, -0.15) is 4.31 Å². The molecule has 4 rings (SSSR count). The fourth-order valence-electron chi connectivity index (χ4n) is 4.07. The van der Waals surface area contributed by atoms with Crippen molar-refractivity contribution in [1.82, 2.24) is 18.8 Å². The van der Waals surface area contributed by atoms with Crippen molar-refractivity contribution in [3.05, 3.63) is 46.5 Å². The minimum absolute atomic E-state index is 0.0140. The molecule has 3 aromatic rings. The summed E-state index contributed by atoms with van der Waals surface area (Å²) in [5, 5.41) is 0.641. The molecule has 3 aromatic heterocycles. The largest absolute Gasteiger partial charge is 0.468 e. The number of likely N-dealkylation sites (tertiary alicyclic amines) is 1. The number of nitrogens with zero attached hydrogens (tertiary/aromatic N) is 4. The number of carbonyl (C=O) groups is 1. The Kier molecular flexibility index (Phi) is 6.52. The summed E-state index contributed by atoms with van der Waals surface area (Å²) in [6.45, 7) is 7.50. The molecule has 1 aliphatic heterocycles. The van der Waals surface area contributed by atoms with Gasteiger partial charge in [-0.25, -0.2) is 13.4 Å². The van der Waals surface area contributed by atoms with Crippen molar-refractivity contribution in [3.63, 3.8) is 0 Å². The smallest absolute Gasteiger partial charge is 0.265 e. The molecule has 0 atom stereocenters. The SMILES string of the molecule is Cc1nc(-c2cc(S(=O)(=O)N(C)Cc3ccco3)c(C)n2C)sc1C(=O)N1CCC(C)CC1. The Hall–Kier alpha value is -2.43. The first-order valence-corrected chi connectivity index (χ1v) is 13.3. The number of piperidine rings is 1. The average molecular weight is 491 g/mol. The molecular weight excluding hydrogens is 460 g/mol. The van der Waals surface area contributed by atoms with Crippen molar-refractivity contribution in [2.45, 2.75) is 45.1 Å². The number of carbonyl (C=O) groups excluding carboxylic acids is 1. The van der Waals surface area contributed by atoms with Gasteiger partial charge in [-0.3, -0.25) is 4.79 Å². The molecule has 10 heteroatoms. The summed E-state index contributed by atoms with van der Waals surface area (Å²) in [6.07, 6.45) is 3.55. The minimum atomic E-state index is -3.74. The molecular formula is C23H30N4O4S2. The van der Waals surface area contributed by atoms with E-state index in [1.807, 2.05) is 23.4 Å². The second-order valence-corrected chi connectivity index (χ2v) is 11.8. The molecule has 0 bridgehead atoms. The van der Waals surface area contributed by atoms with Gasteiger partial charge in [-0.1, -0.05) is 6.92 Å². The zero-order chi connectivity index (χ0) is 23.9. The van der Waals surface area contributed by atoms with Crippen LogP contribution in [0.25, 0.3) is 10.7 Å². The van der Waals surface area contributed by atoms with Crippen molar-refractivity contribution in [1.29, 1.82) is 0 Å². The van der Waals surface area contributed by atoms with Gasteiger partial charge in [0.15, 0.2) is 0 Å². The molecule has 0 N–H and O–H groups in total. The highest BCUT2D eigenvalue weighted by molar-refractivity contribution is 7.89. The number of hydrogen-bond acceptors (Lipinski definition) is 6. The number of aromatic nitrogens is 2. The summed E-state index contributed by atoms with van der Waals surface area (Å²) >= 11 is 1.33. The maximum absolute atomic E-state index is 13.3. The Bertz CT molecular complexity index is 1250. The average Bonchev–Trinajstić information content (AvgIpc) is 3.49. The molecule has 178 valence electrons. The zero-order valence-electron chi connectivity index (χ0n) is 19.7. The molecule has 0 radical (unpaired) electrons. The van der Waals surface area contributed by atoms with Crippen molar-refractivity contribution in [2.24, 2.45) is 13.0 Å². The third-order valence-corrected chi connectivity index (χ3v) is 9.50. The van der Waals surface area contributed by atoms with Crippen LogP contribution in [0.3, 0.4) is 0 Å². The van der Waals surface area contributed by atoms with E-state index in [-0.39, 0.29) is 17.3 Å². The van der Waals surface area contributed by atoms with Crippen LogP contribution in [-0.2, 0) is 23.6 Å². The van der Waals surface area contributed by atoms with E-state index in [0.29, 0.717) is 38.6 Å². The maximum atomic E-state index is 13.3. The normalized spacial score (nSPS) is 15.5. The zero-order valence-corrected chi connectivity index (χ0v) is 21.3. The standard InChI is InChI=1S/C23H30N4O4S2/c1-15-8-10-27(11-9-15)23(28)21-16(2)24-22(32-21)19-13-20(17(3)26(19)5)33(29,30)25(4)14-18-7-6-12-31-18/h6-7,12-13,15H,8-11,14H2,1-5H3. The molecule has 33 heavy (non-hydrogen) atoms. The lowest BCUT2D eigenvalue weighted by Crippen LogP contribution is -2.37. The molecule has 0 aliphatic carbocycles. The number of thiazole rings is 1. The van der Waals surface area contributed by atoms with E-state index >= 15 is 0 Å². The van der Waals surface area contributed by atoms with Gasteiger partial charge in [0.1, 0.15) is 20.5 Å². The van der Waals surface area contributed by atoms with E-state index < -0.39 is 10.0 Å². The van der Waals surface area contributed by atoms with Crippen molar-refractivity contribution >= 4 is 27.3 Å². The predicted molar refractivity (Wildman–Crippen MR) is 128 cm³/mol. The van der Waals surface area contributed by atoms with E-state index in [1.165, 1.54) is 29.0 Å². The number of aryl methyl sites for hydroxylation is 1. The third-order valence-electron chi connectivity index (χ3n) is 6.42. The highest BCUT2D eigenvalue weighted by atomic mass is 32.2. The summed E-state index contributed by atoms with van der Waals surface area (Å²) in [7, 11) is -0.388. The summed E-state index contributed by atoms with van der Waals surface area (Å²) in [6, 6.07) is 5.13. The van der Waals surface area contributed by atoms with Gasteiger partial charge in [-0.15, -0.1) is 11.3 Å². The van der Waals surface area contributed by atoms with Crippen LogP contribution in [0, 0.1) is 19.8 Å². The molecule has 1 saturated heterocycles. The van der Waals surface area contributed by atoms with Crippen LogP contribution in [0.2, 0.25) is 0 Å². The Balaban J connectivity index is 1.63. The van der Waals surface area contributed by atoms with Gasteiger partial charge in [0.2, 0.25) is 10.0 Å². The second-order valence-electron chi connectivity index (χ2n) is 8.79. The lowest BCUT2D eigenvalue weighted by molar-refractivity contribution is 0.0701. The predicted octanol–water partition coefficient (Wildman–Crippen LogP) is 4.05.